The van der Waals surface area contributed by atoms with Crippen molar-refractivity contribution < 1.29 is 4.74 Å². The van der Waals surface area contributed by atoms with Gasteiger partial charge in [0, 0.05) is 25.7 Å². The van der Waals surface area contributed by atoms with E-state index >= 15 is 0 Å². The van der Waals surface area contributed by atoms with Gasteiger partial charge in [-0.1, -0.05) is 6.92 Å². The standard InChI is InChI=1S/C13H26N2O/c1-11-4-5-15(13(7-11)8-14)9-12-3-2-6-16-10-12/h11-13H,2-10,14H2,1H3. The molecule has 0 saturated carbocycles. The molecule has 0 amide bonds. The van der Waals surface area contributed by atoms with E-state index in [0.717, 1.165) is 31.6 Å². The number of likely N-dealkylation sites (tertiary alicyclic amines) is 1. The topological polar surface area (TPSA) is 38.5 Å². The van der Waals surface area contributed by atoms with Crippen LogP contribution in [0.2, 0.25) is 0 Å². The summed E-state index contributed by atoms with van der Waals surface area (Å²) in [5, 5.41) is 0. The Kier molecular flexibility index (Phi) is 4.62. The van der Waals surface area contributed by atoms with Crippen LogP contribution in [0.3, 0.4) is 0 Å². The maximum absolute atomic E-state index is 5.89. The molecule has 0 aliphatic carbocycles. The monoisotopic (exact) mass is 226 g/mol. The minimum absolute atomic E-state index is 0.616. The maximum atomic E-state index is 5.89. The Labute approximate surface area is 99.3 Å². The highest BCUT2D eigenvalue weighted by atomic mass is 16.5. The lowest BCUT2D eigenvalue weighted by atomic mass is 9.90. The van der Waals surface area contributed by atoms with Crippen molar-refractivity contribution >= 4 is 0 Å². The fourth-order valence-corrected chi connectivity index (χ4v) is 3.07. The zero-order valence-corrected chi connectivity index (χ0v) is 10.5. The summed E-state index contributed by atoms with van der Waals surface area (Å²) in [7, 11) is 0. The molecule has 0 bridgehead atoms. The lowest BCUT2D eigenvalue weighted by Crippen LogP contribution is -2.48. The molecule has 2 heterocycles. The predicted molar refractivity (Wildman–Crippen MR) is 66.4 cm³/mol. The van der Waals surface area contributed by atoms with Crippen LogP contribution in [-0.2, 0) is 4.74 Å². The number of hydrogen-bond donors (Lipinski definition) is 1. The molecule has 0 aromatic heterocycles. The van der Waals surface area contributed by atoms with E-state index in [0.29, 0.717) is 6.04 Å². The van der Waals surface area contributed by atoms with Crippen molar-refractivity contribution in [2.24, 2.45) is 17.6 Å². The minimum Gasteiger partial charge on any atom is -0.381 e. The van der Waals surface area contributed by atoms with Gasteiger partial charge in [0.05, 0.1) is 6.61 Å². The zero-order valence-electron chi connectivity index (χ0n) is 10.5. The number of rotatable bonds is 3. The van der Waals surface area contributed by atoms with Gasteiger partial charge in [0.1, 0.15) is 0 Å². The second-order valence-corrected chi connectivity index (χ2v) is 5.60. The van der Waals surface area contributed by atoms with E-state index in [1.807, 2.05) is 0 Å². The zero-order chi connectivity index (χ0) is 11.4. The molecule has 2 aliphatic rings. The second-order valence-electron chi connectivity index (χ2n) is 5.60. The van der Waals surface area contributed by atoms with Gasteiger partial charge in [-0.15, -0.1) is 0 Å². The molecule has 0 aromatic rings. The Morgan fingerprint density at radius 1 is 1.38 bits per heavy atom. The van der Waals surface area contributed by atoms with Crippen molar-refractivity contribution in [1.29, 1.82) is 0 Å². The molecule has 3 nitrogen and oxygen atoms in total. The number of piperidine rings is 1. The Morgan fingerprint density at radius 3 is 2.94 bits per heavy atom. The summed E-state index contributed by atoms with van der Waals surface area (Å²) in [6.07, 6.45) is 5.19. The summed E-state index contributed by atoms with van der Waals surface area (Å²) < 4.78 is 5.56. The molecule has 2 N–H and O–H groups in total. The summed E-state index contributed by atoms with van der Waals surface area (Å²) in [4.78, 5) is 2.61. The fraction of sp³-hybridized carbons (Fsp3) is 1.00. The molecule has 3 heteroatoms. The van der Waals surface area contributed by atoms with Crippen LogP contribution in [0.1, 0.15) is 32.6 Å². The van der Waals surface area contributed by atoms with E-state index in [2.05, 4.69) is 11.8 Å². The van der Waals surface area contributed by atoms with Crippen molar-refractivity contribution in [3.8, 4) is 0 Å². The van der Waals surface area contributed by atoms with Crippen LogP contribution in [-0.4, -0.2) is 43.8 Å². The molecule has 0 radical (unpaired) electrons. The quantitative estimate of drug-likeness (QED) is 0.792. The lowest BCUT2D eigenvalue weighted by Gasteiger charge is -2.40. The Morgan fingerprint density at radius 2 is 2.25 bits per heavy atom. The molecule has 3 atom stereocenters. The van der Waals surface area contributed by atoms with E-state index in [9.17, 15) is 0 Å². The Hall–Kier alpha value is -0.120. The van der Waals surface area contributed by atoms with Crippen molar-refractivity contribution in [1.82, 2.24) is 4.90 Å². The summed E-state index contributed by atoms with van der Waals surface area (Å²) >= 11 is 0. The molecule has 2 aliphatic heterocycles. The first-order valence-corrected chi connectivity index (χ1v) is 6.81. The lowest BCUT2D eigenvalue weighted by molar-refractivity contribution is 0.0207. The predicted octanol–water partition coefficient (Wildman–Crippen LogP) is 1.47. The average molecular weight is 226 g/mol. The van der Waals surface area contributed by atoms with Crippen molar-refractivity contribution in [3.05, 3.63) is 0 Å². The van der Waals surface area contributed by atoms with Crippen molar-refractivity contribution in [3.63, 3.8) is 0 Å². The molecule has 2 saturated heterocycles. The van der Waals surface area contributed by atoms with Crippen LogP contribution in [0.5, 0.6) is 0 Å². The van der Waals surface area contributed by atoms with E-state index in [1.165, 1.54) is 38.8 Å². The summed E-state index contributed by atoms with van der Waals surface area (Å²) in [5.41, 5.74) is 5.89. The number of ether oxygens (including phenoxy) is 1. The van der Waals surface area contributed by atoms with Gasteiger partial charge in [-0.2, -0.15) is 0 Å². The summed E-state index contributed by atoms with van der Waals surface area (Å²) in [5.74, 6) is 1.60. The van der Waals surface area contributed by atoms with Gasteiger partial charge in [0.2, 0.25) is 0 Å². The molecule has 0 aromatic carbocycles. The normalized spacial score (nSPS) is 37.5. The summed E-state index contributed by atoms with van der Waals surface area (Å²) in [6, 6.07) is 0.616. The van der Waals surface area contributed by atoms with Gasteiger partial charge in [0.15, 0.2) is 0 Å². The molecule has 2 fully saturated rings. The number of nitrogens with two attached hydrogens (primary N) is 1. The maximum Gasteiger partial charge on any atom is 0.0506 e. The molecule has 94 valence electrons. The van der Waals surface area contributed by atoms with Crippen LogP contribution in [0.4, 0.5) is 0 Å². The first-order valence-electron chi connectivity index (χ1n) is 6.81. The third kappa shape index (κ3) is 3.19. The van der Waals surface area contributed by atoms with Crippen LogP contribution < -0.4 is 5.73 Å². The minimum atomic E-state index is 0.616. The molecular formula is C13H26N2O. The molecular weight excluding hydrogens is 200 g/mol. The van der Waals surface area contributed by atoms with Crippen LogP contribution in [0.15, 0.2) is 0 Å². The van der Waals surface area contributed by atoms with E-state index in [1.54, 1.807) is 0 Å². The van der Waals surface area contributed by atoms with Gasteiger partial charge >= 0.3 is 0 Å². The molecule has 2 rings (SSSR count). The third-order valence-corrected chi connectivity index (χ3v) is 4.12. The largest absolute Gasteiger partial charge is 0.381 e. The van der Waals surface area contributed by atoms with Gasteiger partial charge in [-0.05, 0) is 44.1 Å². The SMILES string of the molecule is CC1CCN(CC2CCCOC2)C(CN)C1. The van der Waals surface area contributed by atoms with Crippen LogP contribution in [0, 0.1) is 11.8 Å². The molecule has 16 heavy (non-hydrogen) atoms. The second kappa shape index (κ2) is 5.99. The van der Waals surface area contributed by atoms with Crippen molar-refractivity contribution in [2.75, 3.05) is 32.8 Å². The third-order valence-electron chi connectivity index (χ3n) is 4.12. The fourth-order valence-electron chi connectivity index (χ4n) is 3.07. The van der Waals surface area contributed by atoms with Crippen LogP contribution in [0.25, 0.3) is 0 Å². The van der Waals surface area contributed by atoms with Gasteiger partial charge in [-0.25, -0.2) is 0 Å². The summed E-state index contributed by atoms with van der Waals surface area (Å²) in [6.45, 7) is 7.53. The smallest absolute Gasteiger partial charge is 0.0506 e. The molecule has 0 spiro atoms. The highest BCUT2D eigenvalue weighted by molar-refractivity contribution is 4.82. The average Bonchev–Trinajstić information content (AvgIpc) is 2.33. The van der Waals surface area contributed by atoms with E-state index in [-0.39, 0.29) is 0 Å². The highest BCUT2D eigenvalue weighted by Gasteiger charge is 2.27. The van der Waals surface area contributed by atoms with E-state index in [4.69, 9.17) is 10.5 Å². The number of hydrogen-bond acceptors (Lipinski definition) is 3. The molecule has 3 unspecified atom stereocenters. The van der Waals surface area contributed by atoms with Crippen molar-refractivity contribution in [2.45, 2.75) is 38.6 Å². The number of nitrogens with zero attached hydrogens (tertiary/aromatic N) is 1. The highest BCUT2D eigenvalue weighted by Crippen LogP contribution is 2.24. The van der Waals surface area contributed by atoms with Gasteiger partial charge in [-0.3, -0.25) is 4.90 Å². The van der Waals surface area contributed by atoms with Gasteiger partial charge < -0.3 is 10.5 Å². The Balaban J connectivity index is 1.82. The Bertz CT molecular complexity index is 204. The van der Waals surface area contributed by atoms with Gasteiger partial charge in [0.25, 0.3) is 0 Å². The first kappa shape index (κ1) is 12.3. The first-order chi connectivity index (χ1) is 7.79. The van der Waals surface area contributed by atoms with E-state index < -0.39 is 0 Å². The van der Waals surface area contributed by atoms with Crippen LogP contribution >= 0.6 is 0 Å².